The highest BCUT2D eigenvalue weighted by atomic mass is 16.5. The Kier molecular flexibility index (Phi) is 7.71. The Morgan fingerprint density at radius 3 is 2.39 bits per heavy atom. The highest BCUT2D eigenvalue weighted by Gasteiger charge is 2.07. The SMILES string of the molecule is COc1cc(/C=C/C(=O)Nc2ccc(OCc3ccccc3)cc2)ccc1OC(C)C. The van der Waals surface area contributed by atoms with E-state index in [9.17, 15) is 4.79 Å². The largest absolute Gasteiger partial charge is 0.493 e. The number of ether oxygens (including phenoxy) is 3. The van der Waals surface area contributed by atoms with Crippen LogP contribution in [0, 0.1) is 0 Å². The number of rotatable bonds is 9. The second-order valence-electron chi connectivity index (χ2n) is 7.20. The Bertz CT molecular complexity index is 1010. The zero-order valence-electron chi connectivity index (χ0n) is 18.0. The molecule has 0 bridgehead atoms. The molecule has 0 radical (unpaired) electrons. The number of carbonyl (C=O) groups is 1. The monoisotopic (exact) mass is 417 g/mol. The lowest BCUT2D eigenvalue weighted by molar-refractivity contribution is -0.111. The summed E-state index contributed by atoms with van der Waals surface area (Å²) in [4.78, 5) is 12.3. The molecule has 0 heterocycles. The van der Waals surface area contributed by atoms with Gasteiger partial charge in [0.1, 0.15) is 12.4 Å². The van der Waals surface area contributed by atoms with Crippen LogP contribution in [0.5, 0.6) is 17.2 Å². The van der Waals surface area contributed by atoms with Crippen molar-refractivity contribution in [3.05, 3.63) is 90.0 Å². The Morgan fingerprint density at radius 1 is 0.968 bits per heavy atom. The average molecular weight is 418 g/mol. The van der Waals surface area contributed by atoms with Gasteiger partial charge >= 0.3 is 0 Å². The van der Waals surface area contributed by atoms with Crippen molar-refractivity contribution in [2.75, 3.05) is 12.4 Å². The van der Waals surface area contributed by atoms with Crippen LogP contribution in [0.2, 0.25) is 0 Å². The van der Waals surface area contributed by atoms with E-state index in [2.05, 4.69) is 5.32 Å². The van der Waals surface area contributed by atoms with Crippen LogP contribution in [0.25, 0.3) is 6.08 Å². The highest BCUT2D eigenvalue weighted by molar-refractivity contribution is 6.01. The van der Waals surface area contributed by atoms with E-state index in [4.69, 9.17) is 14.2 Å². The normalized spacial score (nSPS) is 10.8. The van der Waals surface area contributed by atoms with Crippen LogP contribution in [-0.4, -0.2) is 19.1 Å². The molecule has 0 aliphatic heterocycles. The minimum Gasteiger partial charge on any atom is -0.493 e. The van der Waals surface area contributed by atoms with Crippen molar-refractivity contribution in [3.8, 4) is 17.2 Å². The Morgan fingerprint density at radius 2 is 1.71 bits per heavy atom. The first-order valence-electron chi connectivity index (χ1n) is 10.1. The fourth-order valence-corrected chi connectivity index (χ4v) is 2.87. The molecule has 160 valence electrons. The number of carbonyl (C=O) groups excluding carboxylic acids is 1. The van der Waals surface area contributed by atoms with Gasteiger partial charge in [-0.05, 0) is 67.4 Å². The maximum atomic E-state index is 12.3. The molecule has 3 rings (SSSR count). The molecule has 0 aliphatic carbocycles. The molecule has 0 saturated heterocycles. The van der Waals surface area contributed by atoms with Gasteiger partial charge in [-0.25, -0.2) is 0 Å². The summed E-state index contributed by atoms with van der Waals surface area (Å²) in [6.45, 7) is 4.42. The Labute approximate surface area is 183 Å². The average Bonchev–Trinajstić information content (AvgIpc) is 2.78. The molecule has 31 heavy (non-hydrogen) atoms. The van der Waals surface area contributed by atoms with Gasteiger partial charge in [0.2, 0.25) is 5.91 Å². The van der Waals surface area contributed by atoms with Crippen LogP contribution < -0.4 is 19.5 Å². The van der Waals surface area contributed by atoms with E-state index in [1.54, 1.807) is 13.2 Å². The third kappa shape index (κ3) is 6.93. The van der Waals surface area contributed by atoms with E-state index >= 15 is 0 Å². The van der Waals surface area contributed by atoms with Crippen LogP contribution in [0.15, 0.2) is 78.9 Å². The van der Waals surface area contributed by atoms with Gasteiger partial charge in [-0.15, -0.1) is 0 Å². The first kappa shape index (κ1) is 22.0. The standard InChI is InChI=1S/C26H27NO4/c1-19(2)31-24-15-9-20(17-25(24)29-3)10-16-26(28)27-22-11-13-23(14-12-22)30-18-21-7-5-4-6-8-21/h4-17,19H,18H2,1-3H3,(H,27,28)/b16-10+. The van der Waals surface area contributed by atoms with Crippen molar-refractivity contribution in [2.45, 2.75) is 26.6 Å². The van der Waals surface area contributed by atoms with E-state index in [-0.39, 0.29) is 12.0 Å². The molecule has 0 spiro atoms. The summed E-state index contributed by atoms with van der Waals surface area (Å²) in [7, 11) is 1.59. The lowest BCUT2D eigenvalue weighted by Gasteiger charge is -2.13. The molecule has 3 aromatic carbocycles. The number of hydrogen-bond acceptors (Lipinski definition) is 4. The topological polar surface area (TPSA) is 56.8 Å². The van der Waals surface area contributed by atoms with Crippen LogP contribution in [0.4, 0.5) is 5.69 Å². The molecular formula is C26H27NO4. The molecule has 0 fully saturated rings. The summed E-state index contributed by atoms with van der Waals surface area (Å²) in [5.41, 5.74) is 2.64. The molecule has 3 aromatic rings. The highest BCUT2D eigenvalue weighted by Crippen LogP contribution is 2.29. The molecule has 0 aliphatic rings. The molecule has 0 unspecified atom stereocenters. The predicted molar refractivity (Wildman–Crippen MR) is 124 cm³/mol. The maximum absolute atomic E-state index is 12.3. The van der Waals surface area contributed by atoms with Gasteiger partial charge in [0.15, 0.2) is 11.5 Å². The molecule has 5 heteroatoms. The summed E-state index contributed by atoms with van der Waals surface area (Å²) in [5, 5.41) is 2.84. The van der Waals surface area contributed by atoms with Gasteiger partial charge in [0, 0.05) is 11.8 Å². The molecule has 0 saturated carbocycles. The van der Waals surface area contributed by atoms with Crippen molar-refractivity contribution >= 4 is 17.7 Å². The minimum atomic E-state index is -0.223. The van der Waals surface area contributed by atoms with E-state index in [1.807, 2.05) is 86.6 Å². The molecule has 1 N–H and O–H groups in total. The number of benzene rings is 3. The first-order chi connectivity index (χ1) is 15.0. The van der Waals surface area contributed by atoms with Crippen molar-refractivity contribution in [2.24, 2.45) is 0 Å². The summed E-state index contributed by atoms with van der Waals surface area (Å²) in [6, 6.07) is 22.8. The number of methoxy groups -OCH3 is 1. The number of hydrogen-bond donors (Lipinski definition) is 1. The first-order valence-corrected chi connectivity index (χ1v) is 10.1. The van der Waals surface area contributed by atoms with Crippen molar-refractivity contribution in [1.82, 2.24) is 0 Å². The van der Waals surface area contributed by atoms with E-state index in [1.165, 1.54) is 6.08 Å². The summed E-state index contributed by atoms with van der Waals surface area (Å²) in [5.74, 6) is 1.82. The lowest BCUT2D eigenvalue weighted by atomic mass is 10.2. The van der Waals surface area contributed by atoms with Crippen LogP contribution >= 0.6 is 0 Å². The molecule has 0 atom stereocenters. The van der Waals surface area contributed by atoms with Gasteiger partial charge in [0.25, 0.3) is 0 Å². The molecular weight excluding hydrogens is 390 g/mol. The Hall–Kier alpha value is -3.73. The van der Waals surface area contributed by atoms with Gasteiger partial charge in [-0.1, -0.05) is 36.4 Å². The van der Waals surface area contributed by atoms with Crippen molar-refractivity contribution in [3.63, 3.8) is 0 Å². The van der Waals surface area contributed by atoms with E-state index in [0.29, 0.717) is 23.8 Å². The molecule has 0 aromatic heterocycles. The van der Waals surface area contributed by atoms with Gasteiger partial charge < -0.3 is 19.5 Å². The summed E-state index contributed by atoms with van der Waals surface area (Å²) < 4.78 is 16.9. The van der Waals surface area contributed by atoms with Crippen LogP contribution in [0.1, 0.15) is 25.0 Å². The van der Waals surface area contributed by atoms with Crippen molar-refractivity contribution in [1.29, 1.82) is 0 Å². The van der Waals surface area contributed by atoms with Gasteiger partial charge in [0.05, 0.1) is 13.2 Å². The van der Waals surface area contributed by atoms with E-state index < -0.39 is 0 Å². The molecule has 5 nitrogen and oxygen atoms in total. The molecule has 1 amide bonds. The number of amides is 1. The maximum Gasteiger partial charge on any atom is 0.248 e. The fraction of sp³-hybridized carbons (Fsp3) is 0.192. The third-order valence-electron chi connectivity index (χ3n) is 4.35. The predicted octanol–water partition coefficient (Wildman–Crippen LogP) is 5.71. The van der Waals surface area contributed by atoms with Crippen LogP contribution in [-0.2, 0) is 11.4 Å². The lowest BCUT2D eigenvalue weighted by Crippen LogP contribution is -2.08. The zero-order valence-corrected chi connectivity index (χ0v) is 18.0. The minimum absolute atomic E-state index is 0.0520. The number of anilines is 1. The van der Waals surface area contributed by atoms with Crippen molar-refractivity contribution < 1.29 is 19.0 Å². The third-order valence-corrected chi connectivity index (χ3v) is 4.35. The smallest absolute Gasteiger partial charge is 0.248 e. The second-order valence-corrected chi connectivity index (χ2v) is 7.20. The quantitative estimate of drug-likeness (QED) is 0.453. The van der Waals surface area contributed by atoms with E-state index in [0.717, 1.165) is 16.9 Å². The zero-order chi connectivity index (χ0) is 22.1. The Balaban J connectivity index is 1.54. The summed E-state index contributed by atoms with van der Waals surface area (Å²) >= 11 is 0. The van der Waals surface area contributed by atoms with Crippen LogP contribution in [0.3, 0.4) is 0 Å². The van der Waals surface area contributed by atoms with Gasteiger partial charge in [-0.3, -0.25) is 4.79 Å². The fourth-order valence-electron chi connectivity index (χ4n) is 2.87. The van der Waals surface area contributed by atoms with Gasteiger partial charge in [-0.2, -0.15) is 0 Å². The number of nitrogens with one attached hydrogen (secondary N) is 1. The second kappa shape index (κ2) is 10.9. The summed E-state index contributed by atoms with van der Waals surface area (Å²) in [6.07, 6.45) is 3.27.